The van der Waals surface area contributed by atoms with E-state index < -0.39 is 0 Å². The third kappa shape index (κ3) is 4.69. The van der Waals surface area contributed by atoms with Gasteiger partial charge >= 0.3 is 0 Å². The van der Waals surface area contributed by atoms with E-state index in [1.54, 1.807) is 28.9 Å². The summed E-state index contributed by atoms with van der Waals surface area (Å²) in [4.78, 5) is 33.0. The van der Waals surface area contributed by atoms with Gasteiger partial charge in [-0.05, 0) is 37.8 Å². The molecule has 0 aliphatic heterocycles. The van der Waals surface area contributed by atoms with Crippen LogP contribution in [0, 0.1) is 11.3 Å². The molecule has 4 N–H and O–H groups in total. The number of nitrogens with one attached hydrogen (secondary N) is 2. The fourth-order valence-corrected chi connectivity index (χ4v) is 4.12. The standard InChI is InChI=1S/C22H24N8O3/c1-33-19-10-13(7-9-25-19)17-11-16(20-21(24)26-12-27-30(17)20)22(32)29-15-4-2-14(3-5-15)28-18(31)6-8-23/h7,9-12,14-15H,2-6H2,1H3,(H,28,31)(H,29,32)(H2,24,26,27). The Kier molecular flexibility index (Phi) is 6.35. The van der Waals surface area contributed by atoms with Crippen LogP contribution in [-0.4, -0.2) is 50.6 Å². The lowest BCUT2D eigenvalue weighted by Gasteiger charge is -2.29. The normalized spacial score (nSPS) is 17.8. The number of nitrogens with two attached hydrogens (primary N) is 1. The number of hydrogen-bond donors (Lipinski definition) is 3. The minimum atomic E-state index is -0.266. The third-order valence-electron chi connectivity index (χ3n) is 5.73. The zero-order chi connectivity index (χ0) is 23.4. The molecule has 11 heteroatoms. The molecule has 3 heterocycles. The van der Waals surface area contributed by atoms with Crippen molar-refractivity contribution in [2.45, 2.75) is 44.2 Å². The highest BCUT2D eigenvalue weighted by molar-refractivity contribution is 6.05. The first-order valence-corrected chi connectivity index (χ1v) is 10.6. The van der Waals surface area contributed by atoms with E-state index >= 15 is 0 Å². The van der Waals surface area contributed by atoms with Gasteiger partial charge in [0.2, 0.25) is 11.8 Å². The fourth-order valence-electron chi connectivity index (χ4n) is 4.12. The van der Waals surface area contributed by atoms with Crippen molar-refractivity contribution in [1.29, 1.82) is 5.26 Å². The number of nitriles is 1. The van der Waals surface area contributed by atoms with Crippen LogP contribution in [-0.2, 0) is 4.79 Å². The van der Waals surface area contributed by atoms with Gasteiger partial charge in [0.1, 0.15) is 18.3 Å². The summed E-state index contributed by atoms with van der Waals surface area (Å²) in [5.74, 6) is 0.111. The molecule has 0 bridgehead atoms. The molecular weight excluding hydrogens is 424 g/mol. The van der Waals surface area contributed by atoms with Gasteiger partial charge in [-0.2, -0.15) is 10.4 Å². The number of carbonyl (C=O) groups is 2. The zero-order valence-electron chi connectivity index (χ0n) is 18.1. The van der Waals surface area contributed by atoms with Crippen LogP contribution < -0.4 is 21.1 Å². The SMILES string of the molecule is COc1cc(-c2cc(C(=O)NC3CCC(NC(=O)CC#N)CC3)c3c(N)ncnn23)ccn1. The van der Waals surface area contributed by atoms with Crippen molar-refractivity contribution in [2.75, 3.05) is 12.8 Å². The molecule has 3 aromatic rings. The monoisotopic (exact) mass is 448 g/mol. The molecule has 1 fully saturated rings. The van der Waals surface area contributed by atoms with Crippen molar-refractivity contribution in [2.24, 2.45) is 0 Å². The van der Waals surface area contributed by atoms with Gasteiger partial charge in [-0.1, -0.05) is 0 Å². The van der Waals surface area contributed by atoms with Crippen molar-refractivity contribution in [3.8, 4) is 23.2 Å². The molecule has 11 nitrogen and oxygen atoms in total. The van der Waals surface area contributed by atoms with Gasteiger partial charge in [-0.3, -0.25) is 9.59 Å². The van der Waals surface area contributed by atoms with Gasteiger partial charge < -0.3 is 21.1 Å². The molecule has 4 rings (SSSR count). The summed E-state index contributed by atoms with van der Waals surface area (Å²) in [6, 6.07) is 7.12. The quantitative estimate of drug-likeness (QED) is 0.511. The lowest BCUT2D eigenvalue weighted by Crippen LogP contribution is -2.43. The predicted octanol–water partition coefficient (Wildman–Crippen LogP) is 1.45. The largest absolute Gasteiger partial charge is 0.481 e. The van der Waals surface area contributed by atoms with Crippen LogP contribution in [0.5, 0.6) is 5.88 Å². The summed E-state index contributed by atoms with van der Waals surface area (Å²) in [5.41, 5.74) is 8.35. The first kappa shape index (κ1) is 22.0. The molecule has 0 radical (unpaired) electrons. The number of nitrogen functional groups attached to an aromatic ring is 1. The lowest BCUT2D eigenvalue weighted by molar-refractivity contribution is -0.121. The maximum Gasteiger partial charge on any atom is 0.253 e. The predicted molar refractivity (Wildman–Crippen MR) is 119 cm³/mol. The Morgan fingerprint density at radius 3 is 2.64 bits per heavy atom. The van der Waals surface area contributed by atoms with Gasteiger partial charge in [0.15, 0.2) is 5.82 Å². The number of amides is 2. The molecule has 0 aromatic carbocycles. The second-order valence-electron chi connectivity index (χ2n) is 7.86. The topological polar surface area (TPSA) is 160 Å². The van der Waals surface area contributed by atoms with Gasteiger partial charge in [-0.15, -0.1) is 0 Å². The number of rotatable bonds is 6. The Bertz CT molecular complexity index is 1220. The molecule has 0 atom stereocenters. The highest BCUT2D eigenvalue weighted by Crippen LogP contribution is 2.29. The van der Waals surface area contributed by atoms with Crippen LogP contribution in [0.15, 0.2) is 30.7 Å². The molecule has 1 saturated carbocycles. The molecule has 1 aliphatic carbocycles. The molecule has 1 aliphatic rings. The smallest absolute Gasteiger partial charge is 0.253 e. The van der Waals surface area contributed by atoms with Gasteiger partial charge in [0, 0.05) is 29.9 Å². The highest BCUT2D eigenvalue weighted by Gasteiger charge is 2.26. The summed E-state index contributed by atoms with van der Waals surface area (Å²) in [6.45, 7) is 0. The fraction of sp³-hybridized carbons (Fsp3) is 0.364. The van der Waals surface area contributed by atoms with Gasteiger partial charge in [-0.25, -0.2) is 14.5 Å². The minimum absolute atomic E-state index is 0.0200. The average molecular weight is 448 g/mol. The van der Waals surface area contributed by atoms with E-state index in [4.69, 9.17) is 15.7 Å². The van der Waals surface area contributed by atoms with Gasteiger partial charge in [0.05, 0.1) is 24.4 Å². The molecule has 0 saturated heterocycles. The number of methoxy groups -OCH3 is 1. The molecule has 0 unspecified atom stereocenters. The van der Waals surface area contributed by atoms with E-state index in [0.29, 0.717) is 22.7 Å². The lowest BCUT2D eigenvalue weighted by atomic mass is 9.91. The van der Waals surface area contributed by atoms with Crippen LogP contribution in [0.4, 0.5) is 5.82 Å². The highest BCUT2D eigenvalue weighted by atomic mass is 16.5. The number of pyridine rings is 1. The van der Waals surface area contributed by atoms with Crippen LogP contribution in [0.25, 0.3) is 16.8 Å². The molecule has 0 spiro atoms. The Morgan fingerprint density at radius 2 is 1.94 bits per heavy atom. The zero-order valence-corrected chi connectivity index (χ0v) is 18.1. The Labute approximate surface area is 190 Å². The summed E-state index contributed by atoms with van der Waals surface area (Å²) < 4.78 is 6.80. The first-order valence-electron chi connectivity index (χ1n) is 10.6. The summed E-state index contributed by atoms with van der Waals surface area (Å²) in [7, 11) is 1.53. The molecule has 33 heavy (non-hydrogen) atoms. The number of hydrogen-bond acceptors (Lipinski definition) is 8. The number of nitrogens with zero attached hydrogens (tertiary/aromatic N) is 5. The van der Waals surface area contributed by atoms with Crippen molar-refractivity contribution in [3.05, 3.63) is 36.3 Å². The van der Waals surface area contributed by atoms with Crippen LogP contribution >= 0.6 is 0 Å². The first-order chi connectivity index (χ1) is 16.0. The Balaban J connectivity index is 1.53. The number of aromatic nitrogens is 4. The molecule has 3 aromatic heterocycles. The number of fused-ring (bicyclic) bond motifs is 1. The van der Waals surface area contributed by atoms with E-state index in [9.17, 15) is 9.59 Å². The second kappa shape index (κ2) is 9.52. The Morgan fingerprint density at radius 1 is 1.21 bits per heavy atom. The average Bonchev–Trinajstić information content (AvgIpc) is 3.22. The van der Waals surface area contributed by atoms with E-state index in [0.717, 1.165) is 31.2 Å². The van der Waals surface area contributed by atoms with Crippen LogP contribution in [0.1, 0.15) is 42.5 Å². The molecular formula is C22H24N8O3. The van der Waals surface area contributed by atoms with E-state index in [-0.39, 0.29) is 36.1 Å². The maximum atomic E-state index is 13.2. The third-order valence-corrected chi connectivity index (χ3v) is 5.73. The summed E-state index contributed by atoms with van der Waals surface area (Å²) in [6.07, 6.45) is 5.70. The summed E-state index contributed by atoms with van der Waals surface area (Å²) in [5, 5.41) is 18.9. The minimum Gasteiger partial charge on any atom is -0.481 e. The number of carbonyl (C=O) groups excluding carboxylic acids is 2. The number of anilines is 1. The van der Waals surface area contributed by atoms with Crippen LogP contribution in [0.3, 0.4) is 0 Å². The van der Waals surface area contributed by atoms with Crippen molar-refractivity contribution < 1.29 is 14.3 Å². The van der Waals surface area contributed by atoms with Crippen molar-refractivity contribution in [1.82, 2.24) is 30.2 Å². The second-order valence-corrected chi connectivity index (χ2v) is 7.86. The molecule has 170 valence electrons. The maximum absolute atomic E-state index is 13.2. The van der Waals surface area contributed by atoms with Crippen molar-refractivity contribution >= 4 is 23.1 Å². The van der Waals surface area contributed by atoms with E-state index in [1.807, 2.05) is 6.07 Å². The van der Waals surface area contributed by atoms with E-state index in [2.05, 4.69) is 25.7 Å². The van der Waals surface area contributed by atoms with E-state index in [1.165, 1.54) is 13.4 Å². The number of ether oxygens (including phenoxy) is 1. The summed E-state index contributed by atoms with van der Waals surface area (Å²) >= 11 is 0. The van der Waals surface area contributed by atoms with Crippen molar-refractivity contribution in [3.63, 3.8) is 0 Å². The molecule has 2 amide bonds. The van der Waals surface area contributed by atoms with Gasteiger partial charge in [0.25, 0.3) is 5.91 Å². The van der Waals surface area contributed by atoms with Crippen LogP contribution in [0.2, 0.25) is 0 Å². The Hall–Kier alpha value is -4.20.